The van der Waals surface area contributed by atoms with E-state index in [-0.39, 0.29) is 5.56 Å². The Hall–Kier alpha value is -2.09. The molecule has 2 aromatic carbocycles. The second kappa shape index (κ2) is 8.11. The number of carbonyl (C=O) groups is 1. The zero-order valence-electron chi connectivity index (χ0n) is 14.4. The van der Waals surface area contributed by atoms with Crippen LogP contribution in [-0.4, -0.2) is 10.9 Å². The van der Waals surface area contributed by atoms with Gasteiger partial charge in [0, 0.05) is 22.0 Å². The highest BCUT2D eigenvalue weighted by Gasteiger charge is 2.30. The molecular formula is C19H13Cl2F3N2OS. The fourth-order valence-electron chi connectivity index (χ4n) is 2.48. The van der Waals surface area contributed by atoms with Gasteiger partial charge in [0.25, 0.3) is 5.91 Å². The summed E-state index contributed by atoms with van der Waals surface area (Å²) in [7, 11) is 0. The van der Waals surface area contributed by atoms with Crippen LogP contribution in [0, 0.1) is 6.92 Å². The summed E-state index contributed by atoms with van der Waals surface area (Å²) >= 11 is 13.6. The number of alkyl halides is 3. The van der Waals surface area contributed by atoms with Crippen LogP contribution < -0.4 is 5.32 Å². The van der Waals surface area contributed by atoms with E-state index in [4.69, 9.17) is 23.2 Å². The highest BCUT2D eigenvalue weighted by atomic mass is 35.5. The van der Waals surface area contributed by atoms with Gasteiger partial charge in [0.05, 0.1) is 16.3 Å². The molecule has 0 aliphatic heterocycles. The molecule has 1 aromatic heterocycles. The van der Waals surface area contributed by atoms with Crippen LogP contribution in [0.1, 0.15) is 32.2 Å². The Morgan fingerprint density at radius 2 is 1.71 bits per heavy atom. The summed E-state index contributed by atoms with van der Waals surface area (Å²) in [5.74, 6) is -0.511. The second-order valence-corrected chi connectivity index (χ2v) is 7.83. The summed E-state index contributed by atoms with van der Waals surface area (Å²) in [5.41, 5.74) is 0.650. The Balaban J connectivity index is 1.75. The van der Waals surface area contributed by atoms with Gasteiger partial charge in [0.1, 0.15) is 5.00 Å². The van der Waals surface area contributed by atoms with Gasteiger partial charge in [-0.15, -0.1) is 11.3 Å². The summed E-state index contributed by atoms with van der Waals surface area (Å²) in [5, 5.41) is 4.96. The Morgan fingerprint density at radius 3 is 2.29 bits per heavy atom. The Bertz CT molecular complexity index is 997. The molecular weight excluding hydrogens is 432 g/mol. The molecule has 1 N–H and O–H groups in total. The first-order valence-electron chi connectivity index (χ1n) is 8.03. The van der Waals surface area contributed by atoms with Crippen LogP contribution in [0.5, 0.6) is 0 Å². The van der Waals surface area contributed by atoms with E-state index in [1.54, 1.807) is 25.1 Å². The standard InChI is InChI=1S/C19H13Cl2F3N2OS/c1-10-18(26-17(27)11-5-7-12(8-6-11)19(22,23)24)28-16(25-10)9-13-14(20)3-2-4-15(13)21/h2-8H,9H2,1H3,(H,26,27). The maximum Gasteiger partial charge on any atom is 0.416 e. The third kappa shape index (κ3) is 4.66. The quantitative estimate of drug-likeness (QED) is 0.491. The average Bonchev–Trinajstić information content (AvgIpc) is 2.97. The van der Waals surface area contributed by atoms with Gasteiger partial charge in [-0.2, -0.15) is 13.2 Å². The summed E-state index contributed by atoms with van der Waals surface area (Å²) in [6.07, 6.45) is -4.04. The minimum absolute atomic E-state index is 0.122. The maximum atomic E-state index is 12.6. The molecule has 0 aliphatic carbocycles. The number of amides is 1. The number of anilines is 1. The lowest BCUT2D eigenvalue weighted by atomic mass is 10.1. The smallest absolute Gasteiger partial charge is 0.312 e. The molecule has 0 aliphatic rings. The van der Waals surface area contributed by atoms with Gasteiger partial charge in [0.2, 0.25) is 0 Å². The molecule has 0 atom stereocenters. The normalized spacial score (nSPS) is 11.5. The molecule has 0 spiro atoms. The minimum Gasteiger partial charge on any atom is -0.312 e. The van der Waals surface area contributed by atoms with Crippen molar-refractivity contribution in [3.63, 3.8) is 0 Å². The predicted octanol–water partition coefficient (Wildman–Crippen LogP) is 6.62. The SMILES string of the molecule is Cc1nc(Cc2c(Cl)cccc2Cl)sc1NC(=O)c1ccc(C(F)(F)F)cc1. The molecule has 0 saturated heterocycles. The molecule has 28 heavy (non-hydrogen) atoms. The van der Waals surface area contributed by atoms with Crippen LogP contribution in [0.25, 0.3) is 0 Å². The third-order valence-corrected chi connectivity index (χ3v) is 5.71. The monoisotopic (exact) mass is 444 g/mol. The van der Waals surface area contributed by atoms with E-state index in [1.165, 1.54) is 11.3 Å². The van der Waals surface area contributed by atoms with Gasteiger partial charge in [-0.1, -0.05) is 29.3 Å². The van der Waals surface area contributed by atoms with Crippen LogP contribution >= 0.6 is 34.5 Å². The van der Waals surface area contributed by atoms with Crippen LogP contribution in [0.15, 0.2) is 42.5 Å². The number of aryl methyl sites for hydroxylation is 1. The number of halogens is 5. The van der Waals surface area contributed by atoms with E-state index in [0.29, 0.717) is 32.2 Å². The Kier molecular flexibility index (Phi) is 5.98. The fraction of sp³-hybridized carbons (Fsp3) is 0.158. The van der Waals surface area contributed by atoms with E-state index < -0.39 is 17.6 Å². The van der Waals surface area contributed by atoms with Crippen molar-refractivity contribution in [3.05, 3.63) is 79.9 Å². The van der Waals surface area contributed by atoms with Crippen molar-refractivity contribution in [3.8, 4) is 0 Å². The van der Waals surface area contributed by atoms with Gasteiger partial charge in [-0.05, 0) is 48.9 Å². The number of hydrogen-bond acceptors (Lipinski definition) is 3. The molecule has 3 aromatic rings. The van der Waals surface area contributed by atoms with E-state index >= 15 is 0 Å². The number of rotatable bonds is 4. The fourth-order valence-corrected chi connectivity index (χ4v) is 3.99. The van der Waals surface area contributed by atoms with Gasteiger partial charge in [-0.3, -0.25) is 4.79 Å². The topological polar surface area (TPSA) is 42.0 Å². The third-order valence-electron chi connectivity index (χ3n) is 3.93. The van der Waals surface area contributed by atoms with Crippen molar-refractivity contribution in [2.45, 2.75) is 19.5 Å². The molecule has 0 fully saturated rings. The first-order valence-corrected chi connectivity index (χ1v) is 9.60. The number of nitrogens with one attached hydrogen (secondary N) is 1. The van der Waals surface area contributed by atoms with Crippen LogP contribution in [0.4, 0.5) is 18.2 Å². The molecule has 146 valence electrons. The van der Waals surface area contributed by atoms with Crippen molar-refractivity contribution >= 4 is 45.4 Å². The lowest BCUT2D eigenvalue weighted by molar-refractivity contribution is -0.137. The number of thiazole rings is 1. The lowest BCUT2D eigenvalue weighted by Gasteiger charge is -2.07. The Morgan fingerprint density at radius 1 is 1.11 bits per heavy atom. The zero-order valence-corrected chi connectivity index (χ0v) is 16.7. The number of carbonyl (C=O) groups excluding carboxylic acids is 1. The number of benzene rings is 2. The highest BCUT2D eigenvalue weighted by molar-refractivity contribution is 7.16. The van der Waals surface area contributed by atoms with Gasteiger partial charge < -0.3 is 5.32 Å². The van der Waals surface area contributed by atoms with Crippen LogP contribution in [0.3, 0.4) is 0 Å². The molecule has 0 saturated carbocycles. The van der Waals surface area contributed by atoms with Crippen LogP contribution in [0.2, 0.25) is 10.0 Å². The molecule has 0 unspecified atom stereocenters. The highest BCUT2D eigenvalue weighted by Crippen LogP contribution is 2.32. The summed E-state index contributed by atoms with van der Waals surface area (Å²) in [4.78, 5) is 16.8. The molecule has 1 heterocycles. The average molecular weight is 445 g/mol. The maximum absolute atomic E-state index is 12.6. The van der Waals surface area contributed by atoms with E-state index in [9.17, 15) is 18.0 Å². The van der Waals surface area contributed by atoms with E-state index in [0.717, 1.165) is 29.8 Å². The molecule has 1 amide bonds. The minimum atomic E-state index is -4.45. The molecule has 0 bridgehead atoms. The summed E-state index contributed by atoms with van der Waals surface area (Å²) in [6, 6.07) is 9.24. The van der Waals surface area contributed by atoms with Crippen molar-refractivity contribution < 1.29 is 18.0 Å². The number of hydrogen-bond donors (Lipinski definition) is 1. The van der Waals surface area contributed by atoms with E-state index in [2.05, 4.69) is 10.3 Å². The van der Waals surface area contributed by atoms with Crippen molar-refractivity contribution in [2.24, 2.45) is 0 Å². The molecule has 3 rings (SSSR count). The lowest BCUT2D eigenvalue weighted by Crippen LogP contribution is -2.12. The van der Waals surface area contributed by atoms with Gasteiger partial charge in [0.15, 0.2) is 0 Å². The zero-order chi connectivity index (χ0) is 20.5. The summed E-state index contributed by atoms with van der Waals surface area (Å²) in [6.45, 7) is 1.73. The number of aromatic nitrogens is 1. The van der Waals surface area contributed by atoms with Crippen molar-refractivity contribution in [1.29, 1.82) is 0 Å². The molecule has 9 heteroatoms. The first-order chi connectivity index (χ1) is 13.1. The van der Waals surface area contributed by atoms with Crippen molar-refractivity contribution in [1.82, 2.24) is 4.98 Å². The van der Waals surface area contributed by atoms with Gasteiger partial charge >= 0.3 is 6.18 Å². The number of nitrogens with zero attached hydrogens (tertiary/aromatic N) is 1. The first kappa shape index (κ1) is 20.6. The van der Waals surface area contributed by atoms with Gasteiger partial charge in [-0.25, -0.2) is 4.98 Å². The van der Waals surface area contributed by atoms with Crippen LogP contribution in [-0.2, 0) is 12.6 Å². The Labute approximate surface area is 173 Å². The molecule has 0 radical (unpaired) electrons. The second-order valence-electron chi connectivity index (χ2n) is 5.93. The predicted molar refractivity (Wildman–Crippen MR) is 106 cm³/mol. The summed E-state index contributed by atoms with van der Waals surface area (Å²) < 4.78 is 37.9. The molecule has 3 nitrogen and oxygen atoms in total. The largest absolute Gasteiger partial charge is 0.416 e. The van der Waals surface area contributed by atoms with Crippen molar-refractivity contribution in [2.75, 3.05) is 5.32 Å². The van der Waals surface area contributed by atoms with E-state index in [1.807, 2.05) is 0 Å².